The first-order chi connectivity index (χ1) is 14.2. The Morgan fingerprint density at radius 1 is 1.24 bits per heavy atom. The lowest BCUT2D eigenvalue weighted by Gasteiger charge is -2.32. The van der Waals surface area contributed by atoms with E-state index >= 15 is 0 Å². The smallest absolute Gasteiger partial charge is 0.270 e. The molecule has 8 nitrogen and oxygen atoms in total. The van der Waals surface area contributed by atoms with Crippen LogP contribution in [0.4, 0.5) is 0 Å². The van der Waals surface area contributed by atoms with Crippen molar-refractivity contribution >= 4 is 28.0 Å². The van der Waals surface area contributed by atoms with Gasteiger partial charge in [-0.25, -0.2) is 9.97 Å². The average Bonchev–Trinajstić information content (AvgIpc) is 3.34. The van der Waals surface area contributed by atoms with Gasteiger partial charge in [0.15, 0.2) is 5.65 Å². The van der Waals surface area contributed by atoms with Crippen LogP contribution in [0.5, 0.6) is 5.75 Å². The number of H-pyrrole nitrogens is 1. The number of likely N-dealkylation sites (tertiary alicyclic amines) is 1. The van der Waals surface area contributed by atoms with Gasteiger partial charge in [0.05, 0.1) is 12.8 Å². The normalized spacial score (nSPS) is 17.2. The van der Waals surface area contributed by atoms with E-state index in [-0.39, 0.29) is 11.8 Å². The van der Waals surface area contributed by atoms with Crippen molar-refractivity contribution in [3.63, 3.8) is 0 Å². The van der Waals surface area contributed by atoms with Gasteiger partial charge in [-0.05, 0) is 37.1 Å². The van der Waals surface area contributed by atoms with Crippen molar-refractivity contribution in [3.05, 3.63) is 48.0 Å². The fourth-order valence-corrected chi connectivity index (χ4v) is 4.27. The van der Waals surface area contributed by atoms with Crippen LogP contribution in [0.15, 0.2) is 36.7 Å². The van der Waals surface area contributed by atoms with Crippen molar-refractivity contribution in [1.82, 2.24) is 29.6 Å². The summed E-state index contributed by atoms with van der Waals surface area (Å²) in [4.78, 5) is 24.0. The molecule has 1 aliphatic heterocycles. The number of aryl methyl sites for hydroxylation is 1. The quantitative estimate of drug-likeness (QED) is 0.581. The number of benzene rings is 1. The number of amides is 1. The number of carbonyl (C=O) groups excluding carboxylic acids is 1. The van der Waals surface area contributed by atoms with Gasteiger partial charge < -0.3 is 14.2 Å². The van der Waals surface area contributed by atoms with Gasteiger partial charge in [0, 0.05) is 49.4 Å². The zero-order chi connectivity index (χ0) is 20.0. The van der Waals surface area contributed by atoms with Crippen LogP contribution in [0.2, 0.25) is 0 Å². The first-order valence-corrected chi connectivity index (χ1v) is 9.73. The maximum absolute atomic E-state index is 13.3. The van der Waals surface area contributed by atoms with Crippen molar-refractivity contribution < 1.29 is 9.53 Å². The van der Waals surface area contributed by atoms with Gasteiger partial charge in [0.2, 0.25) is 0 Å². The summed E-state index contributed by atoms with van der Waals surface area (Å²) in [7, 11) is 3.58. The van der Waals surface area contributed by atoms with Crippen LogP contribution in [-0.4, -0.2) is 55.7 Å². The van der Waals surface area contributed by atoms with E-state index in [0.717, 1.165) is 47.2 Å². The van der Waals surface area contributed by atoms with Gasteiger partial charge in [0.25, 0.3) is 5.91 Å². The highest BCUT2D eigenvalue weighted by molar-refractivity contribution is 5.99. The fraction of sp³-hybridized carbons (Fsp3) is 0.333. The molecule has 1 fully saturated rings. The van der Waals surface area contributed by atoms with E-state index in [1.165, 1.54) is 0 Å². The molecule has 1 aromatic carbocycles. The monoisotopic (exact) mass is 390 g/mol. The van der Waals surface area contributed by atoms with E-state index < -0.39 is 0 Å². The lowest BCUT2D eigenvalue weighted by molar-refractivity contribution is 0.0697. The minimum atomic E-state index is 0.0438. The summed E-state index contributed by atoms with van der Waals surface area (Å²) < 4.78 is 7.27. The molecular weight excluding hydrogens is 368 g/mol. The Kier molecular flexibility index (Phi) is 4.19. The van der Waals surface area contributed by atoms with Crippen molar-refractivity contribution in [2.75, 3.05) is 20.2 Å². The highest BCUT2D eigenvalue weighted by Crippen LogP contribution is 2.31. The maximum Gasteiger partial charge on any atom is 0.270 e. The second-order valence-corrected chi connectivity index (χ2v) is 7.47. The molecule has 0 aliphatic carbocycles. The highest BCUT2D eigenvalue weighted by atomic mass is 16.5. The molecule has 1 N–H and O–H groups in total. The summed E-state index contributed by atoms with van der Waals surface area (Å²) in [6, 6.07) is 7.80. The van der Waals surface area contributed by atoms with Crippen molar-refractivity contribution in [2.45, 2.75) is 18.8 Å². The van der Waals surface area contributed by atoms with Crippen molar-refractivity contribution in [1.29, 1.82) is 0 Å². The largest absolute Gasteiger partial charge is 0.497 e. The second-order valence-electron chi connectivity index (χ2n) is 7.47. The van der Waals surface area contributed by atoms with Gasteiger partial charge >= 0.3 is 0 Å². The lowest BCUT2D eigenvalue weighted by atomic mass is 9.94. The molecule has 3 aromatic heterocycles. The Balaban J connectivity index is 1.44. The minimum Gasteiger partial charge on any atom is -0.497 e. The number of nitrogens with zero attached hydrogens (tertiary/aromatic N) is 5. The standard InChI is InChI=1S/C21H22N6O2/c1-26-16-6-5-15(29-2)10-14(16)11-17(26)21(28)27-9-3-4-13(12-27)18-19-20(25-24-18)23-8-7-22-19/h5-8,10-11,13H,3-4,9,12H2,1-2H3,(H,23,24,25)/t13-/m1/s1. The molecule has 0 unspecified atom stereocenters. The van der Waals surface area contributed by atoms with E-state index in [2.05, 4.69) is 20.2 Å². The number of hydrogen-bond acceptors (Lipinski definition) is 5. The number of piperidine rings is 1. The molecule has 4 aromatic rings. The molecule has 148 valence electrons. The molecule has 1 atom stereocenters. The fourth-order valence-electron chi connectivity index (χ4n) is 4.27. The van der Waals surface area contributed by atoms with E-state index in [9.17, 15) is 4.79 Å². The zero-order valence-electron chi connectivity index (χ0n) is 16.4. The number of fused-ring (bicyclic) bond motifs is 2. The number of nitrogens with one attached hydrogen (secondary N) is 1. The zero-order valence-corrected chi connectivity index (χ0v) is 16.4. The van der Waals surface area contributed by atoms with Crippen LogP contribution in [-0.2, 0) is 7.05 Å². The Hall–Kier alpha value is -3.42. The summed E-state index contributed by atoms with van der Waals surface area (Å²) in [5, 5.41) is 8.36. The molecule has 0 saturated carbocycles. The topological polar surface area (TPSA) is 88.9 Å². The summed E-state index contributed by atoms with van der Waals surface area (Å²) in [6.45, 7) is 1.38. The molecule has 4 heterocycles. The molecule has 0 radical (unpaired) electrons. The molecule has 0 bridgehead atoms. The van der Waals surface area contributed by atoms with Crippen molar-refractivity contribution in [3.8, 4) is 5.75 Å². The number of aromatic amines is 1. The second kappa shape index (κ2) is 6.88. The van der Waals surface area contributed by atoms with Crippen molar-refractivity contribution in [2.24, 2.45) is 7.05 Å². The number of ether oxygens (including phenoxy) is 1. The molecular formula is C21H22N6O2. The molecule has 29 heavy (non-hydrogen) atoms. The molecule has 1 amide bonds. The van der Waals surface area contributed by atoms with E-state index in [1.54, 1.807) is 19.5 Å². The average molecular weight is 390 g/mol. The summed E-state index contributed by atoms with van der Waals surface area (Å²) >= 11 is 0. The molecule has 0 spiro atoms. The Morgan fingerprint density at radius 3 is 2.97 bits per heavy atom. The first kappa shape index (κ1) is 17.7. The van der Waals surface area contributed by atoms with Crippen LogP contribution >= 0.6 is 0 Å². The molecule has 1 saturated heterocycles. The van der Waals surface area contributed by atoms with Gasteiger partial charge in [-0.2, -0.15) is 5.10 Å². The summed E-state index contributed by atoms with van der Waals surface area (Å²) in [5.41, 5.74) is 4.07. The summed E-state index contributed by atoms with van der Waals surface area (Å²) in [6.07, 6.45) is 5.24. The van der Waals surface area contributed by atoms with E-state index in [4.69, 9.17) is 4.74 Å². The number of methoxy groups -OCH3 is 1. The van der Waals surface area contributed by atoms with E-state index in [1.807, 2.05) is 40.8 Å². The van der Waals surface area contributed by atoms with Crippen LogP contribution in [0, 0.1) is 0 Å². The predicted molar refractivity (Wildman–Crippen MR) is 109 cm³/mol. The number of aromatic nitrogens is 5. The van der Waals surface area contributed by atoms with Crippen LogP contribution < -0.4 is 4.74 Å². The number of hydrogen-bond donors (Lipinski definition) is 1. The van der Waals surface area contributed by atoms with Crippen LogP contribution in [0.3, 0.4) is 0 Å². The number of carbonyl (C=O) groups is 1. The third kappa shape index (κ3) is 2.91. The first-order valence-electron chi connectivity index (χ1n) is 9.73. The minimum absolute atomic E-state index is 0.0438. The van der Waals surface area contributed by atoms with Gasteiger partial charge in [0.1, 0.15) is 17.0 Å². The van der Waals surface area contributed by atoms with Gasteiger partial charge in [-0.3, -0.25) is 9.89 Å². The molecule has 8 heteroatoms. The Morgan fingerprint density at radius 2 is 2.10 bits per heavy atom. The SMILES string of the molecule is COc1ccc2c(c1)cc(C(=O)N1CCC[C@@H](c3[nH]nc4nccnc34)C1)n2C. The highest BCUT2D eigenvalue weighted by Gasteiger charge is 2.29. The number of rotatable bonds is 3. The molecule has 1 aliphatic rings. The predicted octanol–water partition coefficient (Wildman–Crippen LogP) is 2.87. The Bertz CT molecular complexity index is 1210. The molecule has 5 rings (SSSR count). The third-order valence-corrected chi connectivity index (χ3v) is 5.80. The van der Waals surface area contributed by atoms with Crippen LogP contribution in [0.25, 0.3) is 22.1 Å². The maximum atomic E-state index is 13.3. The van der Waals surface area contributed by atoms with Gasteiger partial charge in [-0.15, -0.1) is 0 Å². The summed E-state index contributed by atoms with van der Waals surface area (Å²) in [5.74, 6) is 0.999. The van der Waals surface area contributed by atoms with Gasteiger partial charge in [-0.1, -0.05) is 0 Å². The third-order valence-electron chi connectivity index (χ3n) is 5.80. The lowest BCUT2D eigenvalue weighted by Crippen LogP contribution is -2.40. The van der Waals surface area contributed by atoms with E-state index in [0.29, 0.717) is 17.9 Å². The van der Waals surface area contributed by atoms with Crippen LogP contribution in [0.1, 0.15) is 34.9 Å². The Labute approximate surface area is 167 Å².